The third-order valence-corrected chi connectivity index (χ3v) is 3.38. The van der Waals surface area contributed by atoms with Crippen LogP contribution in [0.3, 0.4) is 0 Å². The van der Waals surface area contributed by atoms with Crippen molar-refractivity contribution >= 4 is 44.5 Å². The zero-order valence-corrected chi connectivity index (χ0v) is 11.9. The highest BCUT2D eigenvalue weighted by molar-refractivity contribution is 9.10. The molecule has 2 aromatic rings. The van der Waals surface area contributed by atoms with Crippen LogP contribution < -0.4 is 4.90 Å². The van der Waals surface area contributed by atoms with E-state index in [9.17, 15) is 9.59 Å². The van der Waals surface area contributed by atoms with Crippen molar-refractivity contribution in [3.05, 3.63) is 34.9 Å². The van der Waals surface area contributed by atoms with Crippen molar-refractivity contribution in [2.45, 2.75) is 0 Å². The summed E-state index contributed by atoms with van der Waals surface area (Å²) in [6, 6.07) is 7.20. The van der Waals surface area contributed by atoms with Gasteiger partial charge in [0.25, 0.3) is 0 Å². The number of aliphatic carboxylic acids is 2. The fourth-order valence-electron chi connectivity index (χ4n) is 1.94. The summed E-state index contributed by atoms with van der Waals surface area (Å²) in [5, 5.41) is 19.4. The third-order valence-electron chi connectivity index (χ3n) is 2.68. The summed E-state index contributed by atoms with van der Waals surface area (Å²) in [6.07, 6.45) is 1.53. The lowest BCUT2D eigenvalue weighted by molar-refractivity contribution is -0.136. The molecule has 0 fully saturated rings. The molecule has 7 heteroatoms. The van der Waals surface area contributed by atoms with Gasteiger partial charge in [-0.1, -0.05) is 28.1 Å². The number of hydrogen-bond acceptors (Lipinski definition) is 4. The van der Waals surface area contributed by atoms with Crippen LogP contribution in [0.4, 0.5) is 5.82 Å². The number of benzene rings is 1. The summed E-state index contributed by atoms with van der Waals surface area (Å²) in [5.41, 5.74) is 0. The molecule has 0 unspecified atom stereocenters. The minimum atomic E-state index is -1.11. The first-order chi connectivity index (χ1) is 9.49. The first kappa shape index (κ1) is 14.3. The van der Waals surface area contributed by atoms with Gasteiger partial charge >= 0.3 is 11.9 Å². The highest BCUT2D eigenvalue weighted by atomic mass is 79.9. The molecule has 0 aliphatic heterocycles. The summed E-state index contributed by atoms with van der Waals surface area (Å²) in [7, 11) is 0. The molecule has 0 aliphatic carbocycles. The van der Waals surface area contributed by atoms with E-state index in [4.69, 9.17) is 10.2 Å². The molecular weight excluding hydrogens is 328 g/mol. The van der Waals surface area contributed by atoms with Crippen LogP contribution in [-0.2, 0) is 9.59 Å². The number of aromatic nitrogens is 1. The van der Waals surface area contributed by atoms with E-state index in [0.717, 1.165) is 9.86 Å². The van der Waals surface area contributed by atoms with Gasteiger partial charge in [-0.25, -0.2) is 4.98 Å². The molecule has 104 valence electrons. The number of anilines is 1. The highest BCUT2D eigenvalue weighted by Crippen LogP contribution is 2.29. The molecule has 1 aromatic carbocycles. The lowest BCUT2D eigenvalue weighted by atomic mass is 10.1. The van der Waals surface area contributed by atoms with Gasteiger partial charge in [0.2, 0.25) is 0 Å². The van der Waals surface area contributed by atoms with E-state index in [1.165, 1.54) is 11.1 Å². The monoisotopic (exact) mass is 338 g/mol. The Kier molecular flexibility index (Phi) is 4.19. The Hall–Kier alpha value is -2.15. The largest absolute Gasteiger partial charge is 0.480 e. The minimum absolute atomic E-state index is 0.341. The van der Waals surface area contributed by atoms with Gasteiger partial charge in [0, 0.05) is 21.4 Å². The second-order valence-corrected chi connectivity index (χ2v) is 4.97. The maximum absolute atomic E-state index is 10.9. The first-order valence-electron chi connectivity index (χ1n) is 5.71. The van der Waals surface area contributed by atoms with Gasteiger partial charge in [-0.2, -0.15) is 0 Å². The predicted octanol–water partition coefficient (Wildman–Crippen LogP) is 1.97. The quantitative estimate of drug-likeness (QED) is 0.866. The van der Waals surface area contributed by atoms with Gasteiger partial charge in [0.05, 0.1) is 0 Å². The number of carbonyl (C=O) groups is 2. The molecule has 1 heterocycles. The van der Waals surface area contributed by atoms with Crippen LogP contribution in [0.2, 0.25) is 0 Å². The molecule has 1 aromatic heterocycles. The Morgan fingerprint density at radius 3 is 2.35 bits per heavy atom. The van der Waals surface area contributed by atoms with Crippen molar-refractivity contribution < 1.29 is 19.8 Å². The summed E-state index contributed by atoms with van der Waals surface area (Å²) >= 11 is 3.40. The van der Waals surface area contributed by atoms with Crippen molar-refractivity contribution in [1.82, 2.24) is 4.98 Å². The van der Waals surface area contributed by atoms with E-state index in [1.54, 1.807) is 18.2 Å². The second-order valence-electron chi connectivity index (χ2n) is 4.11. The lowest BCUT2D eigenvalue weighted by Gasteiger charge is -2.21. The standard InChI is InChI=1S/C13H11BrN2O4/c14-10-3-1-2-9-8(10)4-5-15-13(9)16(6-11(17)18)7-12(19)20/h1-5H,6-7H2,(H,17,18)(H,19,20). The number of pyridine rings is 1. The number of rotatable bonds is 5. The summed E-state index contributed by atoms with van der Waals surface area (Å²) in [5.74, 6) is -1.88. The second kappa shape index (κ2) is 5.87. The average molecular weight is 339 g/mol. The van der Waals surface area contributed by atoms with Crippen molar-refractivity contribution in [2.75, 3.05) is 18.0 Å². The topological polar surface area (TPSA) is 90.7 Å². The smallest absolute Gasteiger partial charge is 0.323 e. The fourth-order valence-corrected chi connectivity index (χ4v) is 2.44. The van der Waals surface area contributed by atoms with E-state index >= 15 is 0 Å². The van der Waals surface area contributed by atoms with E-state index in [-0.39, 0.29) is 0 Å². The molecule has 0 aliphatic rings. The first-order valence-corrected chi connectivity index (χ1v) is 6.50. The molecule has 0 spiro atoms. The summed E-state index contributed by atoms with van der Waals surface area (Å²) in [4.78, 5) is 27.1. The average Bonchev–Trinajstić information content (AvgIpc) is 2.37. The molecular formula is C13H11BrN2O4. The molecule has 2 rings (SSSR count). The number of nitrogens with zero attached hydrogens (tertiary/aromatic N) is 2. The summed E-state index contributed by atoms with van der Waals surface area (Å²) in [6.45, 7) is -0.851. The van der Waals surface area contributed by atoms with Gasteiger partial charge < -0.3 is 15.1 Å². The van der Waals surface area contributed by atoms with Gasteiger partial charge in [-0.3, -0.25) is 9.59 Å². The molecule has 0 bridgehead atoms. The van der Waals surface area contributed by atoms with Gasteiger partial charge in [-0.05, 0) is 12.1 Å². The molecule has 0 amide bonds. The van der Waals surface area contributed by atoms with Crippen molar-refractivity contribution in [3.63, 3.8) is 0 Å². The Bertz CT molecular complexity index is 658. The van der Waals surface area contributed by atoms with Crippen LogP contribution in [0.25, 0.3) is 10.8 Å². The predicted molar refractivity (Wildman–Crippen MR) is 76.9 cm³/mol. The van der Waals surface area contributed by atoms with Crippen molar-refractivity contribution in [2.24, 2.45) is 0 Å². The Morgan fingerprint density at radius 1 is 1.10 bits per heavy atom. The van der Waals surface area contributed by atoms with Crippen molar-refractivity contribution in [3.8, 4) is 0 Å². The zero-order valence-electron chi connectivity index (χ0n) is 10.3. The Morgan fingerprint density at radius 2 is 1.75 bits per heavy atom. The molecule has 6 nitrogen and oxygen atoms in total. The highest BCUT2D eigenvalue weighted by Gasteiger charge is 2.18. The van der Waals surface area contributed by atoms with Crippen LogP contribution in [0.15, 0.2) is 34.9 Å². The zero-order chi connectivity index (χ0) is 14.7. The van der Waals surface area contributed by atoms with Crippen LogP contribution in [0.1, 0.15) is 0 Å². The number of hydrogen-bond donors (Lipinski definition) is 2. The van der Waals surface area contributed by atoms with Gasteiger partial charge in [0.15, 0.2) is 0 Å². The van der Waals surface area contributed by atoms with E-state index in [2.05, 4.69) is 20.9 Å². The SMILES string of the molecule is O=C(O)CN(CC(=O)O)c1nccc2c(Br)cccc12. The Labute approximate surface area is 122 Å². The molecule has 2 N–H and O–H groups in total. The normalized spacial score (nSPS) is 10.4. The third kappa shape index (κ3) is 3.05. The molecule has 0 saturated carbocycles. The Balaban J connectivity index is 2.55. The van der Waals surface area contributed by atoms with E-state index in [1.807, 2.05) is 6.07 Å². The van der Waals surface area contributed by atoms with Crippen molar-refractivity contribution in [1.29, 1.82) is 0 Å². The molecule has 0 saturated heterocycles. The van der Waals surface area contributed by atoms with Gasteiger partial charge in [0.1, 0.15) is 18.9 Å². The van der Waals surface area contributed by atoms with Crippen LogP contribution in [0.5, 0.6) is 0 Å². The lowest BCUT2D eigenvalue weighted by Crippen LogP contribution is -2.35. The maximum Gasteiger partial charge on any atom is 0.323 e. The van der Waals surface area contributed by atoms with E-state index in [0.29, 0.717) is 11.2 Å². The van der Waals surface area contributed by atoms with Crippen LogP contribution in [-0.4, -0.2) is 40.2 Å². The number of carboxylic acids is 2. The van der Waals surface area contributed by atoms with Crippen LogP contribution in [0, 0.1) is 0 Å². The molecule has 0 atom stereocenters. The minimum Gasteiger partial charge on any atom is -0.480 e. The summed E-state index contributed by atoms with van der Waals surface area (Å²) < 4.78 is 0.837. The number of carboxylic acid groups (broad SMARTS) is 2. The molecule has 20 heavy (non-hydrogen) atoms. The van der Waals surface area contributed by atoms with E-state index < -0.39 is 25.0 Å². The maximum atomic E-state index is 10.9. The molecule has 0 radical (unpaired) electrons. The fraction of sp³-hybridized carbons (Fsp3) is 0.154. The number of halogens is 1. The van der Waals surface area contributed by atoms with Gasteiger partial charge in [-0.15, -0.1) is 0 Å². The number of fused-ring (bicyclic) bond motifs is 1. The van der Waals surface area contributed by atoms with Crippen LogP contribution >= 0.6 is 15.9 Å².